The molecule has 14 rings (SSSR count). The van der Waals surface area contributed by atoms with E-state index in [1.165, 1.54) is 59.8 Å². The minimum Gasteiger partial charge on any atom is -0.294 e. The molecule has 0 amide bonds. The minimum atomic E-state index is 0.596. The number of nitrogens with zero attached hydrogens (tertiary/aromatic N) is 5. The van der Waals surface area contributed by atoms with Crippen molar-refractivity contribution < 1.29 is 0 Å². The maximum absolute atomic E-state index is 5.53. The van der Waals surface area contributed by atoms with Crippen LogP contribution in [0.2, 0.25) is 0 Å². The van der Waals surface area contributed by atoms with E-state index in [0.717, 1.165) is 71.8 Å². The van der Waals surface area contributed by atoms with Gasteiger partial charge in [0.1, 0.15) is 5.82 Å². The van der Waals surface area contributed by atoms with Crippen molar-refractivity contribution >= 4 is 86.7 Å². The van der Waals surface area contributed by atoms with Gasteiger partial charge in [0.2, 0.25) is 0 Å². The first-order chi connectivity index (χ1) is 33.2. The molecule has 5 nitrogen and oxygen atoms in total. The van der Waals surface area contributed by atoms with Gasteiger partial charge in [-0.3, -0.25) is 14.5 Å². The molecule has 0 bridgehead atoms. The van der Waals surface area contributed by atoms with Crippen molar-refractivity contribution in [1.29, 1.82) is 0 Å². The number of aromatic nitrogens is 5. The lowest BCUT2D eigenvalue weighted by molar-refractivity contribution is 1.05. The molecule has 0 saturated carbocycles. The maximum atomic E-state index is 5.53. The molecule has 10 aromatic carbocycles. The van der Waals surface area contributed by atoms with E-state index in [9.17, 15) is 0 Å². The van der Waals surface area contributed by atoms with Gasteiger partial charge in [-0.05, 0) is 120 Å². The first-order valence-corrected chi connectivity index (χ1v) is 22.7. The van der Waals surface area contributed by atoms with Crippen molar-refractivity contribution in [3.05, 3.63) is 225 Å². The van der Waals surface area contributed by atoms with Crippen LogP contribution in [0.4, 0.5) is 0 Å². The van der Waals surface area contributed by atoms with Crippen LogP contribution in [0.1, 0.15) is 0 Å². The highest BCUT2D eigenvalue weighted by molar-refractivity contribution is 6.29. The van der Waals surface area contributed by atoms with E-state index in [1.807, 2.05) is 24.5 Å². The Morgan fingerprint density at radius 1 is 0.299 bits per heavy atom. The molecule has 0 N–H and O–H groups in total. The minimum absolute atomic E-state index is 0.596. The van der Waals surface area contributed by atoms with E-state index in [0.29, 0.717) is 5.82 Å². The third-order valence-electron chi connectivity index (χ3n) is 13.6. The van der Waals surface area contributed by atoms with Gasteiger partial charge in [-0.15, -0.1) is 0 Å². The Morgan fingerprint density at radius 3 is 1.69 bits per heavy atom. The number of fused-ring (bicyclic) bond motifs is 12. The molecule has 0 aliphatic carbocycles. The Morgan fingerprint density at radius 2 is 0.866 bits per heavy atom. The number of para-hydroxylation sites is 2. The molecule has 0 atom stereocenters. The molecule has 0 unspecified atom stereocenters. The molecule has 0 fully saturated rings. The summed E-state index contributed by atoms with van der Waals surface area (Å²) in [6.07, 6.45) is 3.69. The summed E-state index contributed by atoms with van der Waals surface area (Å²) in [7, 11) is 0. The van der Waals surface area contributed by atoms with Crippen LogP contribution >= 0.6 is 0 Å². The van der Waals surface area contributed by atoms with Crippen molar-refractivity contribution in [1.82, 2.24) is 24.5 Å². The van der Waals surface area contributed by atoms with E-state index < -0.39 is 0 Å². The Bertz CT molecular complexity index is 4230. The molecule has 0 aliphatic rings. The first kappa shape index (κ1) is 37.3. The third-order valence-corrected chi connectivity index (χ3v) is 13.6. The predicted molar refractivity (Wildman–Crippen MR) is 279 cm³/mol. The summed E-state index contributed by atoms with van der Waals surface area (Å²) in [6.45, 7) is 0. The molecular formula is C62H37N5. The molecule has 4 heterocycles. The second kappa shape index (κ2) is 14.7. The van der Waals surface area contributed by atoms with Crippen LogP contribution in [0.3, 0.4) is 0 Å². The lowest BCUT2D eigenvalue weighted by Gasteiger charge is -2.15. The zero-order valence-electron chi connectivity index (χ0n) is 36.1. The van der Waals surface area contributed by atoms with Crippen LogP contribution in [-0.2, 0) is 0 Å². The van der Waals surface area contributed by atoms with Crippen LogP contribution < -0.4 is 0 Å². The molecule has 0 spiro atoms. The molecule has 4 aromatic heterocycles. The van der Waals surface area contributed by atoms with Gasteiger partial charge in [0.05, 0.1) is 27.8 Å². The van der Waals surface area contributed by atoms with Gasteiger partial charge in [0.25, 0.3) is 0 Å². The van der Waals surface area contributed by atoms with Gasteiger partial charge in [-0.25, -0.2) is 9.97 Å². The lowest BCUT2D eigenvalue weighted by atomic mass is 9.90. The Labute approximate surface area is 384 Å². The summed E-state index contributed by atoms with van der Waals surface area (Å²) < 4.78 is 2.34. The average Bonchev–Trinajstić information content (AvgIpc) is 3.72. The van der Waals surface area contributed by atoms with Crippen LogP contribution in [0, 0.1) is 0 Å². The van der Waals surface area contributed by atoms with Crippen molar-refractivity contribution in [2.45, 2.75) is 0 Å². The zero-order chi connectivity index (χ0) is 44.0. The van der Waals surface area contributed by atoms with Gasteiger partial charge in [0, 0.05) is 51.1 Å². The standard InChI is InChI=1S/C62H37N5/c1-2-12-38(13-3-1)44-27-29-57-54(34-44)55-35-52-51-33-45(43-25-24-39-14-4-5-15-42(39)32-43)26-28-48(51)46-20-6-7-21-47(46)53(52)36-58(55)67(57)59-37-56(49-22-8-16-40-18-10-30-63-60(40)49)65-62(66-59)50-23-9-17-41-19-11-31-64-61(41)50/h1-37H. The molecule has 5 heteroatoms. The zero-order valence-corrected chi connectivity index (χ0v) is 36.1. The quantitative estimate of drug-likeness (QED) is 0.162. The van der Waals surface area contributed by atoms with Crippen LogP contribution in [-0.4, -0.2) is 24.5 Å². The van der Waals surface area contributed by atoms with Gasteiger partial charge in [-0.2, -0.15) is 0 Å². The molecular weight excluding hydrogens is 815 g/mol. The summed E-state index contributed by atoms with van der Waals surface area (Å²) in [5, 5.41) is 14.1. The summed E-state index contributed by atoms with van der Waals surface area (Å²) in [5.41, 5.74) is 11.2. The normalized spacial score (nSPS) is 11.9. The maximum Gasteiger partial charge on any atom is 0.164 e. The molecule has 14 aromatic rings. The summed E-state index contributed by atoms with van der Waals surface area (Å²) in [6, 6.07) is 76.3. The molecule has 0 radical (unpaired) electrons. The van der Waals surface area contributed by atoms with E-state index >= 15 is 0 Å². The van der Waals surface area contributed by atoms with Crippen molar-refractivity contribution in [3.63, 3.8) is 0 Å². The van der Waals surface area contributed by atoms with Gasteiger partial charge >= 0.3 is 0 Å². The highest BCUT2D eigenvalue weighted by Crippen LogP contribution is 2.44. The summed E-state index contributed by atoms with van der Waals surface area (Å²) in [5.74, 6) is 1.36. The molecule has 67 heavy (non-hydrogen) atoms. The van der Waals surface area contributed by atoms with E-state index in [-0.39, 0.29) is 0 Å². The van der Waals surface area contributed by atoms with Gasteiger partial charge in [0.15, 0.2) is 5.82 Å². The predicted octanol–water partition coefficient (Wildman–Crippen LogP) is 16.0. The summed E-state index contributed by atoms with van der Waals surface area (Å²) in [4.78, 5) is 20.7. The van der Waals surface area contributed by atoms with Crippen LogP contribution in [0.25, 0.3) is 137 Å². The first-order valence-electron chi connectivity index (χ1n) is 22.7. The van der Waals surface area contributed by atoms with E-state index in [4.69, 9.17) is 19.9 Å². The topological polar surface area (TPSA) is 56.5 Å². The third kappa shape index (κ3) is 5.95. The second-order valence-electron chi connectivity index (χ2n) is 17.4. The Balaban J connectivity index is 1.10. The fourth-order valence-corrected chi connectivity index (χ4v) is 10.5. The highest BCUT2D eigenvalue weighted by Gasteiger charge is 2.22. The number of rotatable bonds is 5. The Kier molecular flexibility index (Phi) is 8.21. The van der Waals surface area contributed by atoms with Crippen molar-refractivity contribution in [2.24, 2.45) is 0 Å². The van der Waals surface area contributed by atoms with Crippen LogP contribution in [0.5, 0.6) is 0 Å². The SMILES string of the molecule is c1ccc(-c2ccc3c(c2)c2cc4c5cc(-c6ccc7ccccc7c6)ccc5c5ccccc5c4cc2n3-c2cc(-c3cccc4cccnc34)nc(-c3cccc4cccnc34)n2)cc1. The fourth-order valence-electron chi connectivity index (χ4n) is 10.5. The molecule has 310 valence electrons. The fraction of sp³-hybridized carbons (Fsp3) is 0. The van der Waals surface area contributed by atoms with E-state index in [2.05, 4.69) is 205 Å². The number of pyridine rings is 2. The second-order valence-corrected chi connectivity index (χ2v) is 17.4. The summed E-state index contributed by atoms with van der Waals surface area (Å²) >= 11 is 0. The highest BCUT2D eigenvalue weighted by atomic mass is 15.1. The monoisotopic (exact) mass is 851 g/mol. The van der Waals surface area contributed by atoms with Gasteiger partial charge in [-0.1, -0.05) is 152 Å². The van der Waals surface area contributed by atoms with Gasteiger partial charge < -0.3 is 0 Å². The number of hydrogen-bond donors (Lipinski definition) is 0. The number of benzene rings is 10. The average molecular weight is 852 g/mol. The smallest absolute Gasteiger partial charge is 0.164 e. The molecule has 0 saturated heterocycles. The Hall–Kier alpha value is -9.06. The van der Waals surface area contributed by atoms with Crippen LogP contribution in [0.15, 0.2) is 225 Å². The molecule has 0 aliphatic heterocycles. The van der Waals surface area contributed by atoms with Crippen molar-refractivity contribution in [3.8, 4) is 50.7 Å². The number of hydrogen-bond acceptors (Lipinski definition) is 4. The largest absolute Gasteiger partial charge is 0.294 e. The lowest BCUT2D eigenvalue weighted by Crippen LogP contribution is -2.03. The van der Waals surface area contributed by atoms with E-state index in [1.54, 1.807) is 0 Å². The van der Waals surface area contributed by atoms with Crippen molar-refractivity contribution in [2.75, 3.05) is 0 Å².